The van der Waals surface area contributed by atoms with Crippen molar-refractivity contribution in [3.8, 4) is 0 Å². The number of carbonyl (C=O) groups excluding carboxylic acids is 1. The average Bonchev–Trinajstić information content (AvgIpc) is 3.20. The van der Waals surface area contributed by atoms with Gasteiger partial charge in [0.2, 0.25) is 0 Å². The molecule has 1 aliphatic rings. The molecular formula is C15H19N3O3S. The molecule has 1 aliphatic carbocycles. The van der Waals surface area contributed by atoms with Crippen LogP contribution in [0.15, 0.2) is 23.7 Å². The monoisotopic (exact) mass is 321 g/mol. The largest absolute Gasteiger partial charge is 0.457 e. The van der Waals surface area contributed by atoms with Gasteiger partial charge in [-0.15, -0.1) is 16.4 Å². The van der Waals surface area contributed by atoms with Gasteiger partial charge in [-0.25, -0.2) is 9.48 Å². The fourth-order valence-corrected chi connectivity index (χ4v) is 3.36. The maximum absolute atomic E-state index is 12.1. The van der Waals surface area contributed by atoms with Gasteiger partial charge in [0.05, 0.1) is 18.8 Å². The number of hydrogen-bond donors (Lipinski definition) is 0. The van der Waals surface area contributed by atoms with E-state index >= 15 is 0 Å². The van der Waals surface area contributed by atoms with Crippen molar-refractivity contribution in [2.75, 3.05) is 7.11 Å². The van der Waals surface area contributed by atoms with Crippen molar-refractivity contribution < 1.29 is 14.3 Å². The lowest BCUT2D eigenvalue weighted by molar-refractivity contribution is -0.0153. The van der Waals surface area contributed by atoms with E-state index in [-0.39, 0.29) is 17.9 Å². The molecule has 2 aromatic rings. The first-order chi connectivity index (χ1) is 10.7. The van der Waals surface area contributed by atoms with Crippen molar-refractivity contribution >= 4 is 17.3 Å². The zero-order valence-corrected chi connectivity index (χ0v) is 13.3. The minimum absolute atomic E-state index is 0.0892. The van der Waals surface area contributed by atoms with E-state index in [1.54, 1.807) is 29.3 Å². The molecule has 1 fully saturated rings. The molecule has 0 saturated heterocycles. The highest BCUT2D eigenvalue weighted by Gasteiger charge is 2.26. The summed E-state index contributed by atoms with van der Waals surface area (Å²) in [5, 5.41) is 9.91. The number of esters is 1. The van der Waals surface area contributed by atoms with E-state index in [1.165, 1.54) is 4.88 Å². The molecule has 2 heterocycles. The van der Waals surface area contributed by atoms with Gasteiger partial charge in [0.25, 0.3) is 0 Å². The molecule has 2 aromatic heterocycles. The lowest BCUT2D eigenvalue weighted by atomic mass is 9.95. The minimum atomic E-state index is -0.404. The van der Waals surface area contributed by atoms with Crippen molar-refractivity contribution in [3.63, 3.8) is 0 Å². The molecule has 0 N–H and O–H groups in total. The summed E-state index contributed by atoms with van der Waals surface area (Å²) in [7, 11) is 1.70. The van der Waals surface area contributed by atoms with E-state index in [2.05, 4.69) is 10.3 Å². The number of methoxy groups -OCH3 is 1. The molecule has 0 amide bonds. The highest BCUT2D eigenvalue weighted by molar-refractivity contribution is 7.09. The summed E-state index contributed by atoms with van der Waals surface area (Å²) in [6.07, 6.45) is 5.41. The van der Waals surface area contributed by atoms with Crippen molar-refractivity contribution in [3.05, 3.63) is 34.3 Å². The number of nitrogens with zero attached hydrogens (tertiary/aromatic N) is 3. The van der Waals surface area contributed by atoms with Crippen LogP contribution in [0, 0.1) is 0 Å². The third kappa shape index (κ3) is 3.72. The van der Waals surface area contributed by atoms with E-state index in [0.29, 0.717) is 6.54 Å². The van der Waals surface area contributed by atoms with Gasteiger partial charge in [0, 0.05) is 18.4 Å². The van der Waals surface area contributed by atoms with E-state index in [0.717, 1.165) is 25.7 Å². The van der Waals surface area contributed by atoms with Crippen molar-refractivity contribution in [1.29, 1.82) is 0 Å². The van der Waals surface area contributed by atoms with E-state index in [9.17, 15) is 4.79 Å². The maximum Gasteiger partial charge on any atom is 0.360 e. The van der Waals surface area contributed by atoms with Crippen LogP contribution in [0.4, 0.5) is 0 Å². The lowest BCUT2D eigenvalue weighted by Gasteiger charge is -2.27. The van der Waals surface area contributed by atoms with Crippen LogP contribution >= 0.6 is 11.3 Å². The highest BCUT2D eigenvalue weighted by Crippen LogP contribution is 2.23. The Hall–Kier alpha value is -1.73. The maximum atomic E-state index is 12.1. The molecule has 6 nitrogen and oxygen atoms in total. The molecule has 3 rings (SSSR count). The molecule has 2 unspecified atom stereocenters. The molecule has 7 heteroatoms. The number of ether oxygens (including phenoxy) is 2. The van der Waals surface area contributed by atoms with Crippen molar-refractivity contribution in [2.45, 2.75) is 44.4 Å². The predicted molar refractivity (Wildman–Crippen MR) is 81.9 cm³/mol. The molecule has 118 valence electrons. The van der Waals surface area contributed by atoms with Gasteiger partial charge >= 0.3 is 5.97 Å². The second kappa shape index (κ2) is 7.02. The Labute approximate surface area is 133 Å². The summed E-state index contributed by atoms with van der Waals surface area (Å²) < 4.78 is 12.5. The third-order valence-electron chi connectivity index (χ3n) is 3.83. The predicted octanol–water partition coefficient (Wildman–Crippen LogP) is 2.50. The first-order valence-electron chi connectivity index (χ1n) is 7.41. The summed E-state index contributed by atoms with van der Waals surface area (Å²) in [5.74, 6) is -0.404. The van der Waals surface area contributed by atoms with Crippen molar-refractivity contribution in [1.82, 2.24) is 15.0 Å². The van der Waals surface area contributed by atoms with E-state index < -0.39 is 5.97 Å². The Morgan fingerprint density at radius 1 is 1.45 bits per heavy atom. The van der Waals surface area contributed by atoms with Crippen LogP contribution in [0.3, 0.4) is 0 Å². The van der Waals surface area contributed by atoms with Gasteiger partial charge in [-0.3, -0.25) is 0 Å². The number of thiophene rings is 1. The summed E-state index contributed by atoms with van der Waals surface area (Å²) in [6.45, 7) is 0.618. The fourth-order valence-electron chi connectivity index (χ4n) is 2.67. The SMILES string of the molecule is COC1CCCC(OC(=O)c2cn(Cc3cccs3)nn2)C1. The smallest absolute Gasteiger partial charge is 0.360 e. The molecule has 0 spiro atoms. The topological polar surface area (TPSA) is 66.2 Å². The van der Waals surface area contributed by atoms with Gasteiger partial charge in [-0.05, 0) is 30.7 Å². The Kier molecular flexibility index (Phi) is 4.84. The summed E-state index contributed by atoms with van der Waals surface area (Å²) >= 11 is 1.65. The summed E-state index contributed by atoms with van der Waals surface area (Å²) in [6, 6.07) is 4.01. The molecule has 22 heavy (non-hydrogen) atoms. The second-order valence-corrected chi connectivity index (χ2v) is 6.46. The number of rotatable bonds is 5. The van der Waals surface area contributed by atoms with Crippen LogP contribution in [-0.4, -0.2) is 40.3 Å². The fraction of sp³-hybridized carbons (Fsp3) is 0.533. The normalized spacial score (nSPS) is 21.7. The van der Waals surface area contributed by atoms with Crippen LogP contribution in [0.1, 0.15) is 41.0 Å². The average molecular weight is 321 g/mol. The molecule has 0 bridgehead atoms. The van der Waals surface area contributed by atoms with Crippen LogP contribution in [0.2, 0.25) is 0 Å². The standard InChI is InChI=1S/C15H19N3O3S/c1-20-11-4-2-5-12(8-11)21-15(19)14-10-18(17-16-14)9-13-6-3-7-22-13/h3,6-7,10-12H,2,4-5,8-9H2,1H3. The number of aromatic nitrogens is 3. The van der Waals surface area contributed by atoms with Crippen molar-refractivity contribution in [2.24, 2.45) is 0 Å². The molecule has 0 aliphatic heterocycles. The molecule has 2 atom stereocenters. The van der Waals surface area contributed by atoms with Crippen LogP contribution in [0.25, 0.3) is 0 Å². The zero-order valence-electron chi connectivity index (χ0n) is 12.5. The first kappa shape index (κ1) is 15.2. The van der Waals surface area contributed by atoms with E-state index in [1.807, 2.05) is 17.5 Å². The molecular weight excluding hydrogens is 302 g/mol. The minimum Gasteiger partial charge on any atom is -0.457 e. The summed E-state index contributed by atoms with van der Waals surface area (Å²) in [4.78, 5) is 13.3. The van der Waals surface area contributed by atoms with Crippen LogP contribution in [0.5, 0.6) is 0 Å². The lowest BCUT2D eigenvalue weighted by Crippen LogP contribution is -2.29. The van der Waals surface area contributed by atoms with Crippen LogP contribution < -0.4 is 0 Å². The second-order valence-electron chi connectivity index (χ2n) is 5.43. The summed E-state index contributed by atoms with van der Waals surface area (Å²) in [5.41, 5.74) is 0.260. The zero-order chi connectivity index (χ0) is 15.4. The Morgan fingerprint density at radius 2 is 2.32 bits per heavy atom. The van der Waals surface area contributed by atoms with E-state index in [4.69, 9.17) is 9.47 Å². The Bertz CT molecular complexity index is 611. The van der Waals surface area contributed by atoms with Gasteiger partial charge < -0.3 is 9.47 Å². The van der Waals surface area contributed by atoms with Gasteiger partial charge in [-0.2, -0.15) is 0 Å². The molecule has 0 radical (unpaired) electrons. The highest BCUT2D eigenvalue weighted by atomic mass is 32.1. The number of hydrogen-bond acceptors (Lipinski definition) is 6. The molecule has 1 saturated carbocycles. The van der Waals surface area contributed by atoms with Crippen LogP contribution in [-0.2, 0) is 16.0 Å². The molecule has 0 aromatic carbocycles. The first-order valence-corrected chi connectivity index (χ1v) is 8.29. The Balaban J connectivity index is 1.57. The van der Waals surface area contributed by atoms with Gasteiger partial charge in [0.1, 0.15) is 6.10 Å². The van der Waals surface area contributed by atoms with Gasteiger partial charge in [-0.1, -0.05) is 11.3 Å². The quantitative estimate of drug-likeness (QED) is 0.792. The van der Waals surface area contributed by atoms with Gasteiger partial charge in [0.15, 0.2) is 5.69 Å². The third-order valence-corrected chi connectivity index (χ3v) is 4.69. The number of carbonyl (C=O) groups is 1. The Morgan fingerprint density at radius 3 is 3.09 bits per heavy atom.